The molecule has 0 aromatic rings. The fourth-order valence-corrected chi connectivity index (χ4v) is 2.55. The number of ether oxygens (including phenoxy) is 1. The van der Waals surface area contributed by atoms with Gasteiger partial charge in [-0.15, -0.1) is 0 Å². The predicted octanol–water partition coefficient (Wildman–Crippen LogP) is 1.34. The van der Waals surface area contributed by atoms with Crippen LogP contribution in [0.3, 0.4) is 0 Å². The number of rotatable bonds is 1. The molecule has 0 aromatic carbocycles. The molecule has 2 atom stereocenters. The molecule has 1 aliphatic heterocycles. The van der Waals surface area contributed by atoms with Crippen LogP contribution in [0.15, 0.2) is 0 Å². The quantitative estimate of drug-likeness (QED) is 0.716. The third kappa shape index (κ3) is 4.75. The second-order valence-electron chi connectivity index (χ2n) is 4.78. The van der Waals surface area contributed by atoms with Crippen LogP contribution < -0.4 is 11.1 Å². The van der Waals surface area contributed by atoms with Crippen molar-refractivity contribution < 1.29 is 9.53 Å². The Hall–Kier alpha value is -0.420. The van der Waals surface area contributed by atoms with E-state index in [4.69, 9.17) is 10.5 Å². The van der Waals surface area contributed by atoms with E-state index < -0.39 is 5.60 Å². The van der Waals surface area contributed by atoms with E-state index in [9.17, 15) is 4.79 Å². The zero-order valence-electron chi connectivity index (χ0n) is 9.58. The summed E-state index contributed by atoms with van der Waals surface area (Å²) in [5.74, 6) is 1.95. The fourth-order valence-electron chi connectivity index (χ4n) is 1.36. The highest BCUT2D eigenvalue weighted by atomic mass is 32.2. The highest BCUT2D eigenvalue weighted by Crippen LogP contribution is 2.17. The van der Waals surface area contributed by atoms with Crippen LogP contribution in [0, 0.1) is 0 Å². The molecule has 1 rings (SSSR count). The monoisotopic (exact) mass is 232 g/mol. The Bertz CT molecular complexity index is 228. The maximum absolute atomic E-state index is 11.5. The van der Waals surface area contributed by atoms with Gasteiger partial charge in [0.1, 0.15) is 5.60 Å². The molecule has 0 unspecified atom stereocenters. The molecular formula is C10H20N2O2S. The van der Waals surface area contributed by atoms with Crippen LogP contribution in [0.4, 0.5) is 4.79 Å². The molecule has 3 N–H and O–H groups in total. The van der Waals surface area contributed by atoms with Gasteiger partial charge in [-0.3, -0.25) is 0 Å². The summed E-state index contributed by atoms with van der Waals surface area (Å²) >= 11 is 1.82. The van der Waals surface area contributed by atoms with E-state index in [1.54, 1.807) is 0 Å². The van der Waals surface area contributed by atoms with Crippen molar-refractivity contribution in [1.82, 2.24) is 5.32 Å². The molecule has 0 saturated carbocycles. The lowest BCUT2D eigenvalue weighted by Gasteiger charge is -2.30. The van der Waals surface area contributed by atoms with Gasteiger partial charge in [-0.1, -0.05) is 0 Å². The van der Waals surface area contributed by atoms with E-state index in [2.05, 4.69) is 5.32 Å². The van der Waals surface area contributed by atoms with Gasteiger partial charge in [-0.05, 0) is 32.9 Å². The van der Waals surface area contributed by atoms with Crippen LogP contribution in [0.25, 0.3) is 0 Å². The highest BCUT2D eigenvalue weighted by Gasteiger charge is 2.25. The number of hydrogen-bond donors (Lipinski definition) is 2. The van der Waals surface area contributed by atoms with Gasteiger partial charge in [-0.2, -0.15) is 11.8 Å². The van der Waals surface area contributed by atoms with Crippen molar-refractivity contribution in [2.45, 2.75) is 44.9 Å². The predicted molar refractivity (Wildman–Crippen MR) is 63.1 cm³/mol. The van der Waals surface area contributed by atoms with E-state index in [-0.39, 0.29) is 18.2 Å². The second kappa shape index (κ2) is 5.07. The van der Waals surface area contributed by atoms with Gasteiger partial charge >= 0.3 is 6.09 Å². The minimum Gasteiger partial charge on any atom is -0.444 e. The van der Waals surface area contributed by atoms with Gasteiger partial charge in [0.25, 0.3) is 0 Å². The standard InChI is InChI=1S/C10H20N2O2S/c1-10(2,3)14-9(13)12-8-6-15-5-4-7(8)11/h7-8H,4-6,11H2,1-3H3,(H,12,13)/t7-,8-/m1/s1. The molecule has 1 aliphatic rings. The van der Waals surface area contributed by atoms with Crippen molar-refractivity contribution in [2.75, 3.05) is 11.5 Å². The van der Waals surface area contributed by atoms with Gasteiger partial charge in [0, 0.05) is 11.8 Å². The minimum atomic E-state index is -0.448. The number of nitrogens with two attached hydrogens (primary N) is 1. The number of alkyl carbamates (subject to hydrolysis) is 1. The third-order valence-corrected chi connectivity index (χ3v) is 3.23. The molecule has 4 nitrogen and oxygen atoms in total. The Kier molecular flexibility index (Phi) is 4.28. The lowest BCUT2D eigenvalue weighted by atomic mass is 10.1. The average molecular weight is 232 g/mol. The van der Waals surface area contributed by atoms with E-state index in [1.165, 1.54) is 0 Å². The summed E-state index contributed by atoms with van der Waals surface area (Å²) in [5.41, 5.74) is 5.46. The Morgan fingerprint density at radius 3 is 2.73 bits per heavy atom. The summed E-state index contributed by atoms with van der Waals surface area (Å²) in [6.07, 6.45) is 0.580. The SMILES string of the molecule is CC(C)(C)OC(=O)N[C@@H]1CSCC[C@H]1N. The molecule has 15 heavy (non-hydrogen) atoms. The van der Waals surface area contributed by atoms with E-state index in [0.29, 0.717) is 0 Å². The van der Waals surface area contributed by atoms with Crippen LogP contribution in [0.2, 0.25) is 0 Å². The number of thioether (sulfide) groups is 1. The number of carbonyl (C=O) groups excluding carboxylic acids is 1. The molecule has 1 fully saturated rings. The Balaban J connectivity index is 2.36. The minimum absolute atomic E-state index is 0.0404. The zero-order valence-corrected chi connectivity index (χ0v) is 10.4. The first-order valence-corrected chi connectivity index (χ1v) is 6.37. The highest BCUT2D eigenvalue weighted by molar-refractivity contribution is 7.99. The molecule has 1 heterocycles. The molecule has 5 heteroatoms. The Morgan fingerprint density at radius 2 is 2.20 bits per heavy atom. The second-order valence-corrected chi connectivity index (χ2v) is 5.93. The number of nitrogens with one attached hydrogen (secondary N) is 1. The normalized spacial score (nSPS) is 27.2. The van der Waals surface area contributed by atoms with Crippen molar-refractivity contribution >= 4 is 17.9 Å². The molecular weight excluding hydrogens is 212 g/mol. The molecule has 1 saturated heterocycles. The topological polar surface area (TPSA) is 64.3 Å². The number of hydrogen-bond acceptors (Lipinski definition) is 4. The van der Waals surface area contributed by atoms with E-state index in [1.807, 2.05) is 32.5 Å². The maximum Gasteiger partial charge on any atom is 0.407 e. The van der Waals surface area contributed by atoms with Gasteiger partial charge < -0.3 is 15.8 Å². The lowest BCUT2D eigenvalue weighted by molar-refractivity contribution is 0.0502. The van der Waals surface area contributed by atoms with Gasteiger partial charge in [0.15, 0.2) is 0 Å². The summed E-state index contributed by atoms with van der Waals surface area (Å²) in [4.78, 5) is 11.5. The first kappa shape index (κ1) is 12.6. The zero-order chi connectivity index (χ0) is 11.5. The Labute approximate surface area is 95.3 Å². The number of amides is 1. The summed E-state index contributed by atoms with van der Waals surface area (Å²) in [6.45, 7) is 5.55. The smallest absolute Gasteiger partial charge is 0.407 e. The molecule has 1 amide bonds. The van der Waals surface area contributed by atoms with Crippen molar-refractivity contribution in [2.24, 2.45) is 5.73 Å². The Morgan fingerprint density at radius 1 is 1.53 bits per heavy atom. The van der Waals surface area contributed by atoms with Gasteiger partial charge in [0.05, 0.1) is 6.04 Å². The van der Waals surface area contributed by atoms with Crippen LogP contribution in [-0.2, 0) is 4.74 Å². The van der Waals surface area contributed by atoms with Crippen LogP contribution in [0.1, 0.15) is 27.2 Å². The maximum atomic E-state index is 11.5. The molecule has 0 bridgehead atoms. The molecule has 0 aliphatic carbocycles. The van der Waals surface area contributed by atoms with Crippen molar-refractivity contribution in [3.05, 3.63) is 0 Å². The average Bonchev–Trinajstić information content (AvgIpc) is 2.05. The van der Waals surface area contributed by atoms with Crippen molar-refractivity contribution in [3.63, 3.8) is 0 Å². The van der Waals surface area contributed by atoms with Crippen LogP contribution >= 0.6 is 11.8 Å². The van der Waals surface area contributed by atoms with Crippen LogP contribution in [0.5, 0.6) is 0 Å². The van der Waals surface area contributed by atoms with E-state index in [0.717, 1.165) is 17.9 Å². The summed E-state index contributed by atoms with van der Waals surface area (Å²) in [6, 6.07) is 0.0948. The molecule has 0 aromatic heterocycles. The molecule has 0 spiro atoms. The van der Waals surface area contributed by atoms with Gasteiger partial charge in [0.2, 0.25) is 0 Å². The van der Waals surface area contributed by atoms with Crippen molar-refractivity contribution in [3.8, 4) is 0 Å². The fraction of sp³-hybridized carbons (Fsp3) is 0.900. The summed E-state index contributed by atoms with van der Waals surface area (Å²) in [7, 11) is 0. The number of carbonyl (C=O) groups is 1. The van der Waals surface area contributed by atoms with E-state index >= 15 is 0 Å². The first-order chi connectivity index (χ1) is 6.88. The molecule has 88 valence electrons. The largest absolute Gasteiger partial charge is 0.444 e. The molecule has 0 radical (unpaired) electrons. The third-order valence-electron chi connectivity index (χ3n) is 2.11. The van der Waals surface area contributed by atoms with Crippen LogP contribution in [-0.4, -0.2) is 35.3 Å². The summed E-state index contributed by atoms with van der Waals surface area (Å²) in [5, 5.41) is 2.82. The summed E-state index contributed by atoms with van der Waals surface area (Å²) < 4.78 is 5.17. The first-order valence-electron chi connectivity index (χ1n) is 5.21. The van der Waals surface area contributed by atoms with Crippen molar-refractivity contribution in [1.29, 1.82) is 0 Å². The lowest BCUT2D eigenvalue weighted by Crippen LogP contribution is -2.52. The van der Waals surface area contributed by atoms with Gasteiger partial charge in [-0.25, -0.2) is 4.79 Å².